The van der Waals surface area contributed by atoms with Gasteiger partial charge < -0.3 is 15.3 Å². The van der Waals surface area contributed by atoms with Gasteiger partial charge in [-0.1, -0.05) is 11.6 Å². The van der Waals surface area contributed by atoms with Crippen molar-refractivity contribution in [2.45, 2.75) is 24.6 Å². The van der Waals surface area contributed by atoms with Crippen molar-refractivity contribution in [1.82, 2.24) is 4.90 Å². The highest BCUT2D eigenvalue weighted by molar-refractivity contribution is 6.32. The number of likely N-dealkylation sites (tertiary alicyclic amines) is 1. The Labute approximate surface area is 135 Å². The van der Waals surface area contributed by atoms with Crippen molar-refractivity contribution >= 4 is 23.3 Å². The second-order valence-corrected chi connectivity index (χ2v) is 5.66. The van der Waals surface area contributed by atoms with Crippen LogP contribution in [0.25, 0.3) is 0 Å². The van der Waals surface area contributed by atoms with Crippen LogP contribution < -0.4 is 5.32 Å². The zero-order valence-electron chi connectivity index (χ0n) is 11.8. The molecule has 0 radical (unpaired) electrons. The highest BCUT2D eigenvalue weighted by atomic mass is 35.5. The Balaban J connectivity index is 1.98. The average Bonchev–Trinajstić information content (AvgIpc) is 2.47. The maximum Gasteiger partial charge on any atom is 0.417 e. The molecule has 9 heteroatoms. The highest BCUT2D eigenvalue weighted by Gasteiger charge is 2.54. The number of halogens is 4. The third-order valence-corrected chi connectivity index (χ3v) is 4.06. The number of nitrogens with one attached hydrogen (secondary N) is 1. The molecular formula is C14H13ClF3N3O2. The highest BCUT2D eigenvalue weighted by Crippen LogP contribution is 2.38. The van der Waals surface area contributed by atoms with Crippen LogP contribution >= 0.6 is 11.6 Å². The van der Waals surface area contributed by atoms with E-state index in [0.717, 1.165) is 0 Å². The Bertz CT molecular complexity index is 650. The van der Waals surface area contributed by atoms with Crippen molar-refractivity contribution in [1.29, 1.82) is 5.26 Å². The number of anilines is 1. The van der Waals surface area contributed by atoms with Crippen molar-refractivity contribution < 1.29 is 23.1 Å². The number of benzene rings is 1. The molecular weight excluding hydrogens is 335 g/mol. The number of nitriles is 1. The summed E-state index contributed by atoms with van der Waals surface area (Å²) in [6.45, 7) is -0.433. The second-order valence-electron chi connectivity index (χ2n) is 5.25. The van der Waals surface area contributed by atoms with Crippen LogP contribution in [-0.4, -0.2) is 40.9 Å². The molecule has 1 aromatic rings. The quantitative estimate of drug-likeness (QED) is 0.819. The first kappa shape index (κ1) is 17.4. The van der Waals surface area contributed by atoms with Gasteiger partial charge in [0.2, 0.25) is 0 Å². The molecule has 2 N–H and O–H groups in total. The fraction of sp³-hybridized carbons (Fsp3) is 0.429. The Morgan fingerprint density at radius 2 is 2.00 bits per heavy atom. The molecule has 1 saturated heterocycles. The first-order chi connectivity index (χ1) is 10.7. The van der Waals surface area contributed by atoms with Gasteiger partial charge in [-0.05, 0) is 18.2 Å². The Morgan fingerprint density at radius 3 is 2.48 bits per heavy atom. The molecule has 1 aromatic carbocycles. The molecule has 0 aromatic heterocycles. The normalized spacial score (nSPS) is 17.5. The van der Waals surface area contributed by atoms with Crippen molar-refractivity contribution in [2.24, 2.45) is 0 Å². The van der Waals surface area contributed by atoms with E-state index >= 15 is 0 Å². The standard InChI is InChI=1S/C14H13ClF3N3O2/c15-11-7-10(2-1-9(11)8-19)20-12(22)21-5-3-13(23,4-6-21)14(16,17)18/h1-2,7,23H,3-6H2,(H,20,22). The maximum absolute atomic E-state index is 12.7. The topological polar surface area (TPSA) is 76.4 Å². The summed E-state index contributed by atoms with van der Waals surface area (Å²) in [5.41, 5.74) is -2.17. The van der Waals surface area contributed by atoms with E-state index in [2.05, 4.69) is 5.32 Å². The monoisotopic (exact) mass is 347 g/mol. The van der Waals surface area contributed by atoms with Crippen LogP contribution in [0.15, 0.2) is 18.2 Å². The molecule has 1 aliphatic rings. The first-order valence-corrected chi connectivity index (χ1v) is 7.09. The van der Waals surface area contributed by atoms with Gasteiger partial charge in [0.25, 0.3) is 0 Å². The van der Waals surface area contributed by atoms with Crippen LogP contribution in [0.3, 0.4) is 0 Å². The summed E-state index contributed by atoms with van der Waals surface area (Å²) in [5.74, 6) is 0. The van der Waals surface area contributed by atoms with Crippen LogP contribution in [0.2, 0.25) is 5.02 Å². The third kappa shape index (κ3) is 3.68. The smallest absolute Gasteiger partial charge is 0.380 e. The van der Waals surface area contributed by atoms with E-state index in [1.807, 2.05) is 6.07 Å². The molecule has 0 unspecified atom stereocenters. The number of piperidine rings is 1. The SMILES string of the molecule is N#Cc1ccc(NC(=O)N2CCC(O)(C(F)(F)F)CC2)cc1Cl. The molecule has 0 bridgehead atoms. The number of rotatable bonds is 1. The molecule has 1 fully saturated rings. The zero-order chi connectivity index (χ0) is 17.3. The molecule has 0 aliphatic carbocycles. The largest absolute Gasteiger partial charge is 0.417 e. The second kappa shape index (κ2) is 6.26. The third-order valence-electron chi connectivity index (χ3n) is 3.75. The van der Waals surface area contributed by atoms with E-state index in [1.54, 1.807) is 0 Å². The van der Waals surface area contributed by atoms with Crippen molar-refractivity contribution in [3.05, 3.63) is 28.8 Å². The number of alkyl halides is 3. The minimum Gasteiger partial charge on any atom is -0.380 e. The van der Waals surface area contributed by atoms with Gasteiger partial charge in [-0.25, -0.2) is 4.79 Å². The van der Waals surface area contributed by atoms with Crippen molar-refractivity contribution in [3.8, 4) is 6.07 Å². The van der Waals surface area contributed by atoms with Gasteiger partial charge in [0.1, 0.15) is 6.07 Å². The van der Waals surface area contributed by atoms with Gasteiger partial charge in [0.15, 0.2) is 5.60 Å². The van der Waals surface area contributed by atoms with Gasteiger partial charge in [-0.2, -0.15) is 18.4 Å². The Morgan fingerprint density at radius 1 is 1.39 bits per heavy atom. The molecule has 23 heavy (non-hydrogen) atoms. The summed E-state index contributed by atoms with van der Waals surface area (Å²) in [6.07, 6.45) is -5.85. The average molecular weight is 348 g/mol. The molecule has 124 valence electrons. The van der Waals surface area contributed by atoms with E-state index in [-0.39, 0.29) is 23.7 Å². The van der Waals surface area contributed by atoms with Crippen LogP contribution in [0, 0.1) is 11.3 Å². The lowest BCUT2D eigenvalue weighted by Gasteiger charge is -2.38. The van der Waals surface area contributed by atoms with E-state index in [9.17, 15) is 23.1 Å². The van der Waals surface area contributed by atoms with E-state index in [1.165, 1.54) is 23.1 Å². The van der Waals surface area contributed by atoms with Gasteiger partial charge in [-0.15, -0.1) is 0 Å². The van der Waals surface area contributed by atoms with Gasteiger partial charge in [0, 0.05) is 31.6 Å². The Hall–Kier alpha value is -1.98. The van der Waals surface area contributed by atoms with Crippen LogP contribution in [0.5, 0.6) is 0 Å². The minimum atomic E-state index is -4.71. The number of amides is 2. The van der Waals surface area contributed by atoms with Crippen LogP contribution in [0.4, 0.5) is 23.7 Å². The van der Waals surface area contributed by atoms with E-state index in [0.29, 0.717) is 5.69 Å². The fourth-order valence-corrected chi connectivity index (χ4v) is 2.47. The summed E-state index contributed by atoms with van der Waals surface area (Å²) in [4.78, 5) is 13.2. The first-order valence-electron chi connectivity index (χ1n) is 6.71. The van der Waals surface area contributed by atoms with Crippen molar-refractivity contribution in [3.63, 3.8) is 0 Å². The molecule has 2 amide bonds. The number of carbonyl (C=O) groups excluding carboxylic acids is 1. The molecule has 2 rings (SSSR count). The van der Waals surface area contributed by atoms with Gasteiger partial charge >= 0.3 is 12.2 Å². The number of urea groups is 1. The predicted octanol–water partition coefficient (Wildman–Crippen LogP) is 3.13. The molecule has 1 aliphatic heterocycles. The Kier molecular flexibility index (Phi) is 4.73. The summed E-state index contributed by atoms with van der Waals surface area (Å²) in [6, 6.07) is 5.57. The number of carbonyl (C=O) groups is 1. The number of hydrogen-bond acceptors (Lipinski definition) is 3. The number of nitrogens with zero attached hydrogens (tertiary/aromatic N) is 2. The van der Waals surface area contributed by atoms with Crippen LogP contribution in [-0.2, 0) is 0 Å². The minimum absolute atomic E-state index is 0.162. The van der Waals surface area contributed by atoms with Gasteiger partial charge in [0.05, 0.1) is 10.6 Å². The van der Waals surface area contributed by atoms with Gasteiger partial charge in [-0.3, -0.25) is 0 Å². The van der Waals surface area contributed by atoms with Crippen molar-refractivity contribution in [2.75, 3.05) is 18.4 Å². The summed E-state index contributed by atoms with van der Waals surface area (Å²) >= 11 is 5.84. The molecule has 5 nitrogen and oxygen atoms in total. The lowest BCUT2D eigenvalue weighted by atomic mass is 9.91. The summed E-state index contributed by atoms with van der Waals surface area (Å²) < 4.78 is 38.1. The number of hydrogen-bond donors (Lipinski definition) is 2. The lowest BCUT2D eigenvalue weighted by molar-refractivity contribution is -0.271. The molecule has 0 atom stereocenters. The maximum atomic E-state index is 12.7. The van der Waals surface area contributed by atoms with E-state index in [4.69, 9.17) is 16.9 Å². The number of aliphatic hydroxyl groups is 1. The zero-order valence-corrected chi connectivity index (χ0v) is 12.6. The molecule has 0 saturated carbocycles. The summed E-state index contributed by atoms with van der Waals surface area (Å²) in [5, 5.41) is 21.0. The van der Waals surface area contributed by atoms with Crippen LogP contribution in [0.1, 0.15) is 18.4 Å². The predicted molar refractivity (Wildman–Crippen MR) is 77.0 cm³/mol. The fourth-order valence-electron chi connectivity index (χ4n) is 2.25. The lowest BCUT2D eigenvalue weighted by Crippen LogP contribution is -2.55. The molecule has 1 heterocycles. The summed E-state index contributed by atoms with van der Waals surface area (Å²) in [7, 11) is 0. The molecule has 0 spiro atoms. The van der Waals surface area contributed by atoms with E-state index < -0.39 is 30.7 Å².